The Bertz CT molecular complexity index is 192. The molecule has 0 aromatic carbocycles. The molecule has 0 heterocycles. The number of hydrogen-bond donors (Lipinski definition) is 2. The van der Waals surface area contributed by atoms with E-state index in [0.29, 0.717) is 13.0 Å². The number of unbranched alkanes of at least 4 members (excludes halogenated alkanes) is 2. The van der Waals surface area contributed by atoms with Crippen molar-refractivity contribution in [1.29, 1.82) is 0 Å². The molecule has 0 aliphatic heterocycles. The second kappa shape index (κ2) is 10.7. The number of hydrogen-bond acceptors (Lipinski definition) is 2. The summed E-state index contributed by atoms with van der Waals surface area (Å²) in [4.78, 5) is 11.2. The van der Waals surface area contributed by atoms with Crippen molar-refractivity contribution in [3.05, 3.63) is 12.7 Å². The lowest BCUT2D eigenvalue weighted by Gasteiger charge is -2.09. The summed E-state index contributed by atoms with van der Waals surface area (Å²) in [6.45, 7) is 6.20. The molecule has 1 atom stereocenters. The minimum atomic E-state index is -0.237. The van der Waals surface area contributed by atoms with Crippen LogP contribution in [-0.2, 0) is 4.79 Å². The van der Waals surface area contributed by atoms with Gasteiger partial charge in [-0.2, -0.15) is 0 Å². The van der Waals surface area contributed by atoms with Gasteiger partial charge in [-0.25, -0.2) is 0 Å². The van der Waals surface area contributed by atoms with Crippen molar-refractivity contribution >= 4 is 5.91 Å². The zero-order chi connectivity index (χ0) is 12.2. The Labute approximate surface area is 98.9 Å². The van der Waals surface area contributed by atoms with Crippen LogP contribution in [0.2, 0.25) is 0 Å². The predicted octanol–water partition coefficient (Wildman–Crippen LogP) is 2.40. The van der Waals surface area contributed by atoms with Gasteiger partial charge in [0, 0.05) is 13.0 Å². The Morgan fingerprint density at radius 2 is 2.06 bits per heavy atom. The fourth-order valence-corrected chi connectivity index (χ4v) is 1.55. The van der Waals surface area contributed by atoms with Crippen LogP contribution in [0.4, 0.5) is 0 Å². The Hall–Kier alpha value is -0.830. The molecule has 0 aliphatic carbocycles. The summed E-state index contributed by atoms with van der Waals surface area (Å²) in [7, 11) is 0. The number of aliphatic hydroxyl groups is 1. The third-order valence-corrected chi connectivity index (χ3v) is 2.53. The minimum Gasteiger partial charge on any atom is -0.393 e. The molecule has 0 spiro atoms. The Morgan fingerprint density at radius 1 is 1.38 bits per heavy atom. The molecule has 0 rings (SSSR count). The zero-order valence-electron chi connectivity index (χ0n) is 10.4. The summed E-state index contributed by atoms with van der Waals surface area (Å²) in [6, 6.07) is 0. The number of amides is 1. The Kier molecular flexibility index (Phi) is 10.1. The van der Waals surface area contributed by atoms with Crippen LogP contribution < -0.4 is 5.32 Å². The molecule has 16 heavy (non-hydrogen) atoms. The monoisotopic (exact) mass is 227 g/mol. The highest BCUT2D eigenvalue weighted by molar-refractivity contribution is 5.75. The molecule has 3 heteroatoms. The maximum atomic E-state index is 11.2. The first kappa shape index (κ1) is 15.2. The lowest BCUT2D eigenvalue weighted by Crippen LogP contribution is -2.23. The fraction of sp³-hybridized carbons (Fsp3) is 0.769. The van der Waals surface area contributed by atoms with Crippen LogP contribution in [0.1, 0.15) is 51.9 Å². The highest BCUT2D eigenvalue weighted by Crippen LogP contribution is 2.09. The van der Waals surface area contributed by atoms with Gasteiger partial charge < -0.3 is 10.4 Å². The maximum absolute atomic E-state index is 11.2. The third-order valence-electron chi connectivity index (χ3n) is 2.53. The van der Waals surface area contributed by atoms with Crippen molar-refractivity contribution < 1.29 is 9.90 Å². The average Bonchev–Trinajstić information content (AvgIpc) is 2.26. The Morgan fingerprint density at radius 3 is 2.69 bits per heavy atom. The van der Waals surface area contributed by atoms with E-state index >= 15 is 0 Å². The van der Waals surface area contributed by atoms with E-state index in [9.17, 15) is 9.90 Å². The normalized spacial score (nSPS) is 12.1. The number of carbonyl (C=O) groups is 1. The number of rotatable bonds is 10. The van der Waals surface area contributed by atoms with Gasteiger partial charge in [-0.3, -0.25) is 4.79 Å². The molecule has 1 amide bonds. The molecule has 0 saturated carbocycles. The van der Waals surface area contributed by atoms with Crippen LogP contribution in [0, 0.1) is 0 Å². The van der Waals surface area contributed by atoms with Gasteiger partial charge in [-0.15, -0.1) is 6.58 Å². The molecular formula is C13H25NO2. The number of aliphatic hydroxyl groups excluding tert-OH is 1. The molecule has 3 nitrogen and oxygen atoms in total. The van der Waals surface area contributed by atoms with E-state index < -0.39 is 0 Å². The summed E-state index contributed by atoms with van der Waals surface area (Å²) in [6.07, 6.45) is 7.71. The van der Waals surface area contributed by atoms with Crippen molar-refractivity contribution in [1.82, 2.24) is 5.32 Å². The molecule has 0 aromatic rings. The zero-order valence-corrected chi connectivity index (χ0v) is 10.4. The van der Waals surface area contributed by atoms with Gasteiger partial charge >= 0.3 is 0 Å². The van der Waals surface area contributed by atoms with Crippen LogP contribution in [0.25, 0.3) is 0 Å². The summed E-state index contributed by atoms with van der Waals surface area (Å²) in [5.74, 6) is 0.0423. The second-order valence-corrected chi connectivity index (χ2v) is 4.13. The first-order valence-electron chi connectivity index (χ1n) is 6.26. The molecule has 94 valence electrons. The highest BCUT2D eigenvalue weighted by Gasteiger charge is 2.05. The van der Waals surface area contributed by atoms with E-state index in [4.69, 9.17) is 0 Å². The van der Waals surface area contributed by atoms with Crippen LogP contribution in [0.5, 0.6) is 0 Å². The van der Waals surface area contributed by atoms with Gasteiger partial charge in [0.05, 0.1) is 6.10 Å². The fourth-order valence-electron chi connectivity index (χ4n) is 1.55. The SMILES string of the molecule is C=CCNC(=O)CCCC(O)CCCCC. The van der Waals surface area contributed by atoms with Gasteiger partial charge in [-0.1, -0.05) is 32.3 Å². The smallest absolute Gasteiger partial charge is 0.220 e. The molecule has 0 bridgehead atoms. The van der Waals surface area contributed by atoms with Crippen LogP contribution in [-0.4, -0.2) is 23.7 Å². The minimum absolute atomic E-state index is 0.0423. The van der Waals surface area contributed by atoms with E-state index in [1.54, 1.807) is 6.08 Å². The predicted molar refractivity (Wildman–Crippen MR) is 67.2 cm³/mol. The molecule has 0 aliphatic rings. The van der Waals surface area contributed by atoms with Gasteiger partial charge in [0.2, 0.25) is 5.91 Å². The maximum Gasteiger partial charge on any atom is 0.220 e. The van der Waals surface area contributed by atoms with E-state index in [-0.39, 0.29) is 12.0 Å². The summed E-state index contributed by atoms with van der Waals surface area (Å²) in [5, 5.41) is 12.3. The quantitative estimate of drug-likeness (QED) is 0.445. The lowest BCUT2D eigenvalue weighted by atomic mass is 10.1. The molecular weight excluding hydrogens is 202 g/mol. The topological polar surface area (TPSA) is 49.3 Å². The van der Waals surface area contributed by atoms with Gasteiger partial charge in [0.1, 0.15) is 0 Å². The molecule has 1 unspecified atom stereocenters. The largest absolute Gasteiger partial charge is 0.393 e. The van der Waals surface area contributed by atoms with E-state index in [1.165, 1.54) is 12.8 Å². The van der Waals surface area contributed by atoms with Crippen LogP contribution in [0.3, 0.4) is 0 Å². The van der Waals surface area contributed by atoms with E-state index in [2.05, 4.69) is 18.8 Å². The van der Waals surface area contributed by atoms with Crippen molar-refractivity contribution in [2.24, 2.45) is 0 Å². The summed E-state index contributed by atoms with van der Waals surface area (Å²) >= 11 is 0. The van der Waals surface area contributed by atoms with Gasteiger partial charge in [0.25, 0.3) is 0 Å². The van der Waals surface area contributed by atoms with Crippen LogP contribution in [0.15, 0.2) is 12.7 Å². The van der Waals surface area contributed by atoms with Gasteiger partial charge in [-0.05, 0) is 19.3 Å². The average molecular weight is 227 g/mol. The molecule has 2 N–H and O–H groups in total. The number of nitrogens with one attached hydrogen (secondary N) is 1. The Balaban J connectivity index is 3.35. The van der Waals surface area contributed by atoms with E-state index in [1.807, 2.05) is 0 Å². The third kappa shape index (κ3) is 9.71. The molecule has 0 aromatic heterocycles. The van der Waals surface area contributed by atoms with Crippen molar-refractivity contribution in [3.63, 3.8) is 0 Å². The summed E-state index contributed by atoms with van der Waals surface area (Å²) in [5.41, 5.74) is 0. The molecule has 0 fully saturated rings. The first-order chi connectivity index (χ1) is 7.70. The van der Waals surface area contributed by atoms with Crippen LogP contribution >= 0.6 is 0 Å². The first-order valence-corrected chi connectivity index (χ1v) is 6.26. The summed E-state index contributed by atoms with van der Waals surface area (Å²) < 4.78 is 0. The van der Waals surface area contributed by atoms with Crippen molar-refractivity contribution in [2.45, 2.75) is 58.0 Å². The van der Waals surface area contributed by atoms with Gasteiger partial charge in [0.15, 0.2) is 0 Å². The standard InChI is InChI=1S/C13H25NO2/c1-3-5-6-8-12(15)9-7-10-13(16)14-11-4-2/h4,12,15H,2-3,5-11H2,1H3,(H,14,16). The lowest BCUT2D eigenvalue weighted by molar-refractivity contribution is -0.121. The molecule has 0 radical (unpaired) electrons. The van der Waals surface area contributed by atoms with E-state index in [0.717, 1.165) is 25.7 Å². The van der Waals surface area contributed by atoms with Crippen molar-refractivity contribution in [3.8, 4) is 0 Å². The second-order valence-electron chi connectivity index (χ2n) is 4.13. The molecule has 0 saturated heterocycles. The highest BCUT2D eigenvalue weighted by atomic mass is 16.3. The van der Waals surface area contributed by atoms with Crippen molar-refractivity contribution in [2.75, 3.05) is 6.54 Å². The number of carbonyl (C=O) groups excluding carboxylic acids is 1.